The van der Waals surface area contributed by atoms with E-state index >= 15 is 0 Å². The maximum atomic E-state index is 8.67. The fourth-order valence-corrected chi connectivity index (χ4v) is 1.78. The first-order chi connectivity index (χ1) is 7.00. The van der Waals surface area contributed by atoms with Gasteiger partial charge in [0, 0.05) is 6.04 Å². The number of hydrogen-bond acceptors (Lipinski definition) is 4. The highest BCUT2D eigenvalue weighted by Crippen LogP contribution is 2.29. The molecule has 82 valence electrons. The highest BCUT2D eigenvalue weighted by atomic mass is 32.2. The largest absolute Gasteiger partial charge is 0.324 e. The van der Waals surface area contributed by atoms with Crippen LogP contribution in [0.3, 0.4) is 0 Å². The standard InChI is InChI=1S/C10H13N.HNO2S/c1-7-2-4-9-8(6-7)3-5-10(9)11;1-4(2)3/h2,4,6,10H,3,5,11H2,1H3;1H/t10-;/m1./s1. The van der Waals surface area contributed by atoms with E-state index in [1.165, 1.54) is 16.7 Å². The van der Waals surface area contributed by atoms with E-state index in [0.717, 1.165) is 12.8 Å². The van der Waals surface area contributed by atoms with E-state index in [-0.39, 0.29) is 0 Å². The summed E-state index contributed by atoms with van der Waals surface area (Å²) in [6, 6.07) is 6.86. The van der Waals surface area contributed by atoms with E-state index in [1.54, 1.807) is 0 Å². The molecule has 0 aromatic heterocycles. The molecule has 1 aromatic carbocycles. The fourth-order valence-electron chi connectivity index (χ4n) is 1.78. The molecule has 0 radical (unpaired) electrons. The molecule has 1 aliphatic carbocycles. The number of nitrogens with two attached hydrogens (primary N) is 1. The molecular formula is C10H14N2O2S. The highest BCUT2D eigenvalue weighted by molar-refractivity contribution is 7.60. The van der Waals surface area contributed by atoms with Gasteiger partial charge in [-0.25, -0.2) is 0 Å². The molecule has 0 bridgehead atoms. The molecule has 0 spiro atoms. The monoisotopic (exact) mass is 226 g/mol. The van der Waals surface area contributed by atoms with E-state index in [9.17, 15) is 0 Å². The van der Waals surface area contributed by atoms with Gasteiger partial charge in [-0.05, 0) is 30.9 Å². The van der Waals surface area contributed by atoms with Gasteiger partial charge in [-0.15, -0.1) is 0 Å². The van der Waals surface area contributed by atoms with Crippen LogP contribution in [0.25, 0.3) is 0 Å². The normalized spacial score (nSPS) is 17.6. The third-order valence-electron chi connectivity index (χ3n) is 2.42. The molecule has 0 unspecified atom stereocenters. The molecule has 0 amide bonds. The summed E-state index contributed by atoms with van der Waals surface area (Å²) in [5.41, 5.74) is 10.1. The molecule has 5 heteroatoms. The molecule has 0 heterocycles. The van der Waals surface area contributed by atoms with Crippen molar-refractivity contribution in [2.45, 2.75) is 25.8 Å². The van der Waals surface area contributed by atoms with Crippen LogP contribution in [0.4, 0.5) is 0 Å². The van der Waals surface area contributed by atoms with E-state index in [1.807, 2.05) is 0 Å². The predicted molar refractivity (Wildman–Crippen MR) is 58.1 cm³/mol. The zero-order valence-corrected chi connectivity index (χ0v) is 9.34. The van der Waals surface area contributed by atoms with E-state index < -0.39 is 10.5 Å². The molecule has 0 saturated heterocycles. The summed E-state index contributed by atoms with van der Waals surface area (Å²) >= 11 is 0. The van der Waals surface area contributed by atoms with Gasteiger partial charge in [0.05, 0.1) is 0 Å². The number of rotatable bonds is 0. The van der Waals surface area contributed by atoms with Crippen LogP contribution < -0.4 is 5.73 Å². The van der Waals surface area contributed by atoms with Crippen molar-refractivity contribution < 1.29 is 8.42 Å². The van der Waals surface area contributed by atoms with Crippen molar-refractivity contribution in [2.75, 3.05) is 0 Å². The predicted octanol–water partition coefficient (Wildman–Crippen LogP) is 1.57. The van der Waals surface area contributed by atoms with Gasteiger partial charge in [-0.3, -0.25) is 0 Å². The van der Waals surface area contributed by atoms with Crippen LogP contribution >= 0.6 is 0 Å². The summed E-state index contributed by atoms with van der Waals surface area (Å²) in [6.07, 6.45) is 2.29. The molecule has 0 aliphatic heterocycles. The van der Waals surface area contributed by atoms with Gasteiger partial charge >= 0.3 is 10.5 Å². The van der Waals surface area contributed by atoms with Crippen molar-refractivity contribution >= 4 is 10.5 Å². The Morgan fingerprint density at radius 2 is 2.07 bits per heavy atom. The first kappa shape index (κ1) is 11.9. The van der Waals surface area contributed by atoms with Crippen molar-refractivity contribution in [1.29, 1.82) is 4.78 Å². The van der Waals surface area contributed by atoms with Crippen LogP contribution in [0.5, 0.6) is 0 Å². The molecule has 1 aromatic rings. The Morgan fingerprint density at radius 1 is 1.47 bits per heavy atom. The first-order valence-corrected chi connectivity index (χ1v) is 5.73. The molecule has 1 aliphatic rings. The Kier molecular flexibility index (Phi) is 3.99. The summed E-state index contributed by atoms with van der Waals surface area (Å²) in [7, 11) is -2.61. The minimum atomic E-state index is -2.61. The Morgan fingerprint density at radius 3 is 2.67 bits per heavy atom. The van der Waals surface area contributed by atoms with Crippen LogP contribution in [-0.4, -0.2) is 8.42 Å². The second-order valence-electron chi connectivity index (χ2n) is 3.58. The lowest BCUT2D eigenvalue weighted by Gasteiger charge is -2.03. The van der Waals surface area contributed by atoms with Crippen LogP contribution in [0.2, 0.25) is 0 Å². The maximum Gasteiger partial charge on any atom is 0.308 e. The second-order valence-corrected chi connectivity index (χ2v) is 4.05. The summed E-state index contributed by atoms with van der Waals surface area (Å²) in [5.74, 6) is 0. The quantitative estimate of drug-likeness (QED) is 0.704. The number of aryl methyl sites for hydroxylation is 2. The Hall–Kier alpha value is -1.20. The zero-order valence-electron chi connectivity index (χ0n) is 8.53. The molecule has 15 heavy (non-hydrogen) atoms. The first-order valence-electron chi connectivity index (χ1n) is 4.66. The summed E-state index contributed by atoms with van der Waals surface area (Å²) < 4.78 is 22.8. The minimum Gasteiger partial charge on any atom is -0.324 e. The Bertz CT molecular complexity index is 447. The molecule has 3 N–H and O–H groups in total. The van der Waals surface area contributed by atoms with E-state index in [0.29, 0.717) is 6.04 Å². The highest BCUT2D eigenvalue weighted by Gasteiger charge is 2.17. The average molecular weight is 226 g/mol. The summed E-state index contributed by atoms with van der Waals surface area (Å²) in [5, 5.41) is 0. The van der Waals surface area contributed by atoms with Gasteiger partial charge in [-0.2, -0.15) is 13.2 Å². The average Bonchev–Trinajstić information content (AvgIpc) is 2.46. The fraction of sp³-hybridized carbons (Fsp3) is 0.400. The number of benzene rings is 1. The van der Waals surface area contributed by atoms with Crippen molar-refractivity contribution in [3.05, 3.63) is 34.9 Å². The minimum absolute atomic E-state index is 0.297. The zero-order chi connectivity index (χ0) is 11.4. The summed E-state index contributed by atoms with van der Waals surface area (Å²) in [4.78, 5) is 0. The maximum absolute atomic E-state index is 8.67. The van der Waals surface area contributed by atoms with Crippen molar-refractivity contribution in [3.63, 3.8) is 0 Å². The number of nitrogens with one attached hydrogen (secondary N) is 1. The Balaban J connectivity index is 0.000000245. The van der Waals surface area contributed by atoms with E-state index in [2.05, 4.69) is 25.1 Å². The van der Waals surface area contributed by atoms with Crippen molar-refractivity contribution in [1.82, 2.24) is 0 Å². The van der Waals surface area contributed by atoms with Crippen molar-refractivity contribution in [3.8, 4) is 0 Å². The number of hydrogen-bond donors (Lipinski definition) is 2. The smallest absolute Gasteiger partial charge is 0.308 e. The van der Waals surface area contributed by atoms with Crippen LogP contribution in [0.1, 0.15) is 29.2 Å². The third kappa shape index (κ3) is 3.45. The van der Waals surface area contributed by atoms with E-state index in [4.69, 9.17) is 18.9 Å². The number of fused-ring (bicyclic) bond motifs is 1. The second kappa shape index (κ2) is 5.04. The van der Waals surface area contributed by atoms with Crippen LogP contribution in [0, 0.1) is 11.7 Å². The van der Waals surface area contributed by atoms with Crippen LogP contribution in [-0.2, 0) is 16.9 Å². The van der Waals surface area contributed by atoms with Gasteiger partial charge in [0.2, 0.25) is 0 Å². The van der Waals surface area contributed by atoms with Gasteiger partial charge in [0.1, 0.15) is 0 Å². The lowest BCUT2D eigenvalue weighted by molar-refractivity contribution is 0.620. The molecule has 2 rings (SSSR count). The summed E-state index contributed by atoms with van der Waals surface area (Å²) in [6.45, 7) is 2.13. The molecule has 1 atom stereocenters. The van der Waals surface area contributed by atoms with Crippen molar-refractivity contribution in [2.24, 2.45) is 5.73 Å². The van der Waals surface area contributed by atoms with Gasteiger partial charge in [0.15, 0.2) is 0 Å². The van der Waals surface area contributed by atoms with Crippen LogP contribution in [0.15, 0.2) is 18.2 Å². The SMILES string of the molecule is Cc1ccc2c(c1)CC[C@H]2N.N=S(=O)=O. The van der Waals surface area contributed by atoms with Gasteiger partial charge < -0.3 is 5.73 Å². The lowest BCUT2D eigenvalue weighted by Crippen LogP contribution is -2.04. The molecule has 4 nitrogen and oxygen atoms in total. The molecule has 0 saturated carbocycles. The topological polar surface area (TPSA) is 84.0 Å². The molecule has 0 fully saturated rings. The lowest BCUT2D eigenvalue weighted by atomic mass is 10.1. The van der Waals surface area contributed by atoms with Gasteiger partial charge in [0.25, 0.3) is 0 Å². The third-order valence-corrected chi connectivity index (χ3v) is 2.42. The molecular weight excluding hydrogens is 212 g/mol. The Labute approximate surface area is 90.6 Å². The van der Waals surface area contributed by atoms with Gasteiger partial charge in [-0.1, -0.05) is 23.8 Å².